The fourth-order valence-electron chi connectivity index (χ4n) is 2.33. The van der Waals surface area contributed by atoms with E-state index in [1.807, 2.05) is 27.1 Å². The maximum atomic E-state index is 11.6. The number of nitrogens with zero attached hydrogens (tertiary/aromatic N) is 3. The Bertz CT molecular complexity index is 722. The molecular weight excluding hydrogens is 310 g/mol. The van der Waals surface area contributed by atoms with E-state index in [0.29, 0.717) is 6.54 Å². The molecule has 8 nitrogen and oxygen atoms in total. The standard InChI is InChI=1S/C16H21N5O3/c1-11(2)18-15(22)9-17-8-13-10-20(3)19-16(13)12-4-6-14(7-5-12)21(23)24/h4-7,10-11,17H,8-9H2,1-3H3,(H,18,22). The second-order valence-corrected chi connectivity index (χ2v) is 5.81. The van der Waals surface area contributed by atoms with Crippen molar-refractivity contribution in [1.29, 1.82) is 0 Å². The topological polar surface area (TPSA) is 102 Å². The van der Waals surface area contributed by atoms with Gasteiger partial charge in [0.15, 0.2) is 0 Å². The molecule has 0 spiro atoms. The lowest BCUT2D eigenvalue weighted by Gasteiger charge is -2.09. The fourth-order valence-corrected chi connectivity index (χ4v) is 2.33. The number of non-ortho nitro benzene ring substituents is 1. The molecule has 128 valence electrons. The van der Waals surface area contributed by atoms with E-state index in [-0.39, 0.29) is 24.2 Å². The zero-order valence-electron chi connectivity index (χ0n) is 13.9. The predicted octanol–water partition coefficient (Wildman–Crippen LogP) is 1.61. The molecule has 0 aliphatic rings. The normalized spacial score (nSPS) is 10.8. The van der Waals surface area contributed by atoms with Crippen LogP contribution in [0.2, 0.25) is 0 Å². The lowest BCUT2D eigenvalue weighted by molar-refractivity contribution is -0.384. The van der Waals surface area contributed by atoms with E-state index >= 15 is 0 Å². The zero-order chi connectivity index (χ0) is 17.7. The maximum absolute atomic E-state index is 11.6. The lowest BCUT2D eigenvalue weighted by atomic mass is 10.1. The van der Waals surface area contributed by atoms with Crippen molar-refractivity contribution >= 4 is 11.6 Å². The number of aryl methyl sites for hydroxylation is 1. The summed E-state index contributed by atoms with van der Waals surface area (Å²) in [5.41, 5.74) is 2.50. The highest BCUT2D eigenvalue weighted by Gasteiger charge is 2.12. The molecule has 0 saturated carbocycles. The molecule has 0 saturated heterocycles. The van der Waals surface area contributed by atoms with Gasteiger partial charge in [0, 0.05) is 49.1 Å². The molecule has 24 heavy (non-hydrogen) atoms. The Morgan fingerprint density at radius 3 is 2.58 bits per heavy atom. The van der Waals surface area contributed by atoms with E-state index < -0.39 is 4.92 Å². The number of hydrogen-bond acceptors (Lipinski definition) is 5. The minimum Gasteiger partial charge on any atom is -0.353 e. The Labute approximate surface area is 140 Å². The number of nitrogens with one attached hydrogen (secondary N) is 2. The van der Waals surface area contributed by atoms with Crippen LogP contribution in [0, 0.1) is 10.1 Å². The minimum absolute atomic E-state index is 0.0414. The molecular formula is C16H21N5O3. The van der Waals surface area contributed by atoms with Crippen molar-refractivity contribution < 1.29 is 9.72 Å². The van der Waals surface area contributed by atoms with Crippen LogP contribution in [-0.4, -0.2) is 33.2 Å². The highest BCUT2D eigenvalue weighted by atomic mass is 16.6. The van der Waals surface area contributed by atoms with Crippen LogP contribution in [0.1, 0.15) is 19.4 Å². The maximum Gasteiger partial charge on any atom is 0.269 e. The molecule has 1 heterocycles. The van der Waals surface area contributed by atoms with E-state index in [0.717, 1.165) is 16.8 Å². The average molecular weight is 331 g/mol. The van der Waals surface area contributed by atoms with Gasteiger partial charge in [-0.3, -0.25) is 19.6 Å². The van der Waals surface area contributed by atoms with Crippen LogP contribution in [0.3, 0.4) is 0 Å². The average Bonchev–Trinajstić information content (AvgIpc) is 2.87. The number of carbonyl (C=O) groups excluding carboxylic acids is 1. The molecule has 1 aromatic heterocycles. The van der Waals surface area contributed by atoms with Gasteiger partial charge in [0.2, 0.25) is 5.91 Å². The molecule has 0 bridgehead atoms. The van der Waals surface area contributed by atoms with Crippen LogP contribution in [0.5, 0.6) is 0 Å². The van der Waals surface area contributed by atoms with E-state index in [4.69, 9.17) is 0 Å². The van der Waals surface area contributed by atoms with Gasteiger partial charge in [0.1, 0.15) is 0 Å². The van der Waals surface area contributed by atoms with Crippen molar-refractivity contribution in [3.05, 3.63) is 46.1 Å². The van der Waals surface area contributed by atoms with Gasteiger partial charge in [-0.1, -0.05) is 0 Å². The van der Waals surface area contributed by atoms with Gasteiger partial charge < -0.3 is 10.6 Å². The molecule has 2 rings (SSSR count). The number of rotatable bonds is 7. The van der Waals surface area contributed by atoms with Crippen molar-refractivity contribution in [2.75, 3.05) is 6.54 Å². The minimum atomic E-state index is -0.433. The van der Waals surface area contributed by atoms with E-state index in [1.165, 1.54) is 12.1 Å². The van der Waals surface area contributed by atoms with Crippen molar-refractivity contribution in [3.63, 3.8) is 0 Å². The van der Waals surface area contributed by atoms with Crippen molar-refractivity contribution in [2.45, 2.75) is 26.4 Å². The predicted molar refractivity (Wildman–Crippen MR) is 90.3 cm³/mol. The zero-order valence-corrected chi connectivity index (χ0v) is 13.9. The van der Waals surface area contributed by atoms with Gasteiger partial charge >= 0.3 is 0 Å². The quantitative estimate of drug-likeness (QED) is 0.593. The first kappa shape index (κ1) is 17.6. The van der Waals surface area contributed by atoms with Crippen LogP contribution in [0.25, 0.3) is 11.3 Å². The van der Waals surface area contributed by atoms with Crippen molar-refractivity contribution in [2.24, 2.45) is 7.05 Å². The lowest BCUT2D eigenvalue weighted by Crippen LogP contribution is -2.37. The van der Waals surface area contributed by atoms with Crippen LogP contribution < -0.4 is 10.6 Å². The summed E-state index contributed by atoms with van der Waals surface area (Å²) in [7, 11) is 1.81. The number of carbonyl (C=O) groups is 1. The highest BCUT2D eigenvalue weighted by molar-refractivity contribution is 5.78. The van der Waals surface area contributed by atoms with Gasteiger partial charge in [0.25, 0.3) is 5.69 Å². The third-order valence-electron chi connectivity index (χ3n) is 3.31. The fraction of sp³-hybridized carbons (Fsp3) is 0.375. The van der Waals surface area contributed by atoms with E-state index in [1.54, 1.807) is 16.8 Å². The van der Waals surface area contributed by atoms with Crippen molar-refractivity contribution in [1.82, 2.24) is 20.4 Å². The Balaban J connectivity index is 2.07. The van der Waals surface area contributed by atoms with E-state index in [9.17, 15) is 14.9 Å². The molecule has 2 aromatic rings. The summed E-state index contributed by atoms with van der Waals surface area (Å²) in [6, 6.07) is 6.37. The number of hydrogen-bond donors (Lipinski definition) is 2. The Morgan fingerprint density at radius 1 is 1.33 bits per heavy atom. The number of aromatic nitrogens is 2. The first-order valence-electron chi connectivity index (χ1n) is 7.64. The highest BCUT2D eigenvalue weighted by Crippen LogP contribution is 2.24. The largest absolute Gasteiger partial charge is 0.353 e. The molecule has 1 amide bonds. The van der Waals surface area contributed by atoms with Crippen molar-refractivity contribution in [3.8, 4) is 11.3 Å². The summed E-state index contributed by atoms with van der Waals surface area (Å²) < 4.78 is 1.68. The van der Waals surface area contributed by atoms with Gasteiger partial charge in [-0.25, -0.2) is 0 Å². The Morgan fingerprint density at radius 2 is 2.00 bits per heavy atom. The molecule has 1 aromatic carbocycles. The number of nitro groups is 1. The van der Waals surface area contributed by atoms with E-state index in [2.05, 4.69) is 15.7 Å². The number of benzene rings is 1. The SMILES string of the molecule is CC(C)NC(=O)CNCc1cn(C)nc1-c1ccc([N+](=O)[O-])cc1. The smallest absolute Gasteiger partial charge is 0.269 e. The summed E-state index contributed by atoms with van der Waals surface area (Å²) in [6.45, 7) is 4.51. The molecule has 0 radical (unpaired) electrons. The summed E-state index contributed by atoms with van der Waals surface area (Å²) in [5.74, 6) is -0.0641. The van der Waals surface area contributed by atoms with Gasteiger partial charge in [-0.15, -0.1) is 0 Å². The number of nitro benzene ring substituents is 1. The molecule has 2 N–H and O–H groups in total. The molecule has 0 aliphatic heterocycles. The van der Waals surface area contributed by atoms with Gasteiger partial charge in [-0.05, 0) is 26.0 Å². The van der Waals surface area contributed by atoms with Gasteiger partial charge in [0.05, 0.1) is 17.2 Å². The molecule has 0 atom stereocenters. The summed E-state index contributed by atoms with van der Waals surface area (Å²) in [5, 5.41) is 21.0. The second-order valence-electron chi connectivity index (χ2n) is 5.81. The molecule has 0 aliphatic carbocycles. The van der Waals surface area contributed by atoms with Crippen LogP contribution in [0.4, 0.5) is 5.69 Å². The Hall–Kier alpha value is -2.74. The second kappa shape index (κ2) is 7.69. The summed E-state index contributed by atoms with van der Waals surface area (Å²) >= 11 is 0. The first-order valence-corrected chi connectivity index (χ1v) is 7.64. The van der Waals surface area contributed by atoms with Crippen LogP contribution in [0.15, 0.2) is 30.5 Å². The third kappa shape index (κ3) is 4.63. The summed E-state index contributed by atoms with van der Waals surface area (Å²) in [4.78, 5) is 22.0. The van der Waals surface area contributed by atoms with Gasteiger partial charge in [-0.2, -0.15) is 5.10 Å². The third-order valence-corrected chi connectivity index (χ3v) is 3.31. The Kier molecular flexibility index (Phi) is 5.64. The molecule has 0 unspecified atom stereocenters. The monoisotopic (exact) mass is 331 g/mol. The molecule has 0 fully saturated rings. The van der Waals surface area contributed by atoms with Crippen LogP contribution >= 0.6 is 0 Å². The van der Waals surface area contributed by atoms with Crippen LogP contribution in [-0.2, 0) is 18.4 Å². The number of amides is 1. The summed E-state index contributed by atoms with van der Waals surface area (Å²) in [6.07, 6.45) is 1.87. The molecule has 8 heteroatoms. The first-order chi connectivity index (χ1) is 11.4.